The van der Waals surface area contributed by atoms with Crippen molar-refractivity contribution in [2.75, 3.05) is 13.2 Å². The number of hydrogen-bond acceptors (Lipinski definition) is 4. The molecule has 1 heterocycles. The molecule has 0 saturated heterocycles. The molecule has 0 aliphatic heterocycles. The van der Waals surface area contributed by atoms with E-state index in [9.17, 15) is 4.79 Å². The molecule has 0 unspecified atom stereocenters. The van der Waals surface area contributed by atoms with E-state index < -0.39 is 5.97 Å². The van der Waals surface area contributed by atoms with Crippen LogP contribution in [-0.2, 0) is 6.54 Å². The zero-order valence-corrected chi connectivity index (χ0v) is 9.14. The molecule has 3 N–H and O–H groups in total. The second-order valence-electron chi connectivity index (χ2n) is 3.61. The van der Waals surface area contributed by atoms with Crippen molar-refractivity contribution in [2.24, 2.45) is 0 Å². The van der Waals surface area contributed by atoms with Crippen LogP contribution in [0.5, 0.6) is 0 Å². The number of rotatable bonds is 5. The summed E-state index contributed by atoms with van der Waals surface area (Å²) in [7, 11) is 0. The van der Waals surface area contributed by atoms with Gasteiger partial charge in [-0.2, -0.15) is 0 Å². The van der Waals surface area contributed by atoms with Gasteiger partial charge in [-0.25, -0.2) is 4.79 Å². The molecule has 0 spiro atoms. The average Bonchev–Trinajstić information content (AvgIpc) is 2.69. The van der Waals surface area contributed by atoms with Gasteiger partial charge in [0.2, 0.25) is 5.76 Å². The van der Waals surface area contributed by atoms with Gasteiger partial charge < -0.3 is 19.9 Å². The Balaban J connectivity index is 2.41. The first-order valence-corrected chi connectivity index (χ1v) is 5.29. The number of aliphatic hydroxyl groups is 1. The van der Waals surface area contributed by atoms with Gasteiger partial charge in [0, 0.05) is 24.0 Å². The van der Waals surface area contributed by atoms with Crippen LogP contribution < -0.4 is 5.32 Å². The van der Waals surface area contributed by atoms with Gasteiger partial charge in [-0.3, -0.25) is 0 Å². The second kappa shape index (κ2) is 4.99. The molecule has 5 heteroatoms. The number of para-hydroxylation sites is 1. The first-order valence-electron chi connectivity index (χ1n) is 5.29. The third kappa shape index (κ3) is 2.30. The van der Waals surface area contributed by atoms with Crippen molar-refractivity contribution in [3.8, 4) is 0 Å². The number of carbonyl (C=O) groups is 1. The maximum Gasteiger partial charge on any atom is 0.372 e. The maximum absolute atomic E-state index is 11.1. The molecule has 17 heavy (non-hydrogen) atoms. The normalized spacial score (nSPS) is 10.9. The Morgan fingerprint density at radius 1 is 1.35 bits per heavy atom. The van der Waals surface area contributed by atoms with E-state index in [2.05, 4.69) is 5.32 Å². The lowest BCUT2D eigenvalue weighted by atomic mass is 10.1. The topological polar surface area (TPSA) is 82.7 Å². The molecule has 0 aliphatic rings. The summed E-state index contributed by atoms with van der Waals surface area (Å²) in [6.45, 7) is 0.788. The van der Waals surface area contributed by atoms with Crippen LogP contribution in [0.1, 0.15) is 16.1 Å². The van der Waals surface area contributed by atoms with Gasteiger partial charge in [-0.05, 0) is 6.07 Å². The fraction of sp³-hybridized carbons (Fsp3) is 0.250. The van der Waals surface area contributed by atoms with Crippen molar-refractivity contribution in [2.45, 2.75) is 6.54 Å². The molecule has 2 rings (SSSR count). The highest BCUT2D eigenvalue weighted by molar-refractivity contribution is 5.95. The third-order valence-corrected chi connectivity index (χ3v) is 2.48. The van der Waals surface area contributed by atoms with Crippen molar-refractivity contribution in [1.29, 1.82) is 0 Å². The molecule has 2 aromatic rings. The van der Waals surface area contributed by atoms with E-state index in [0.29, 0.717) is 24.2 Å². The summed E-state index contributed by atoms with van der Waals surface area (Å²) in [5, 5.41) is 21.5. The Bertz CT molecular complexity index is 532. The van der Waals surface area contributed by atoms with Crippen molar-refractivity contribution >= 4 is 16.9 Å². The molecule has 0 saturated carbocycles. The monoisotopic (exact) mass is 235 g/mol. The molecule has 5 nitrogen and oxygen atoms in total. The van der Waals surface area contributed by atoms with Crippen LogP contribution in [0.15, 0.2) is 28.7 Å². The number of aromatic carboxylic acids is 1. The van der Waals surface area contributed by atoms with Crippen molar-refractivity contribution < 1.29 is 19.4 Å². The lowest BCUT2D eigenvalue weighted by molar-refractivity contribution is 0.0663. The highest BCUT2D eigenvalue weighted by Gasteiger charge is 2.18. The van der Waals surface area contributed by atoms with Crippen molar-refractivity contribution in [3.05, 3.63) is 35.6 Å². The lowest BCUT2D eigenvalue weighted by Gasteiger charge is -2.01. The van der Waals surface area contributed by atoms with Gasteiger partial charge in [0.1, 0.15) is 5.58 Å². The van der Waals surface area contributed by atoms with E-state index in [1.54, 1.807) is 12.1 Å². The van der Waals surface area contributed by atoms with Crippen molar-refractivity contribution in [3.63, 3.8) is 0 Å². The number of nitrogens with one attached hydrogen (secondary N) is 1. The van der Waals surface area contributed by atoms with Gasteiger partial charge in [0.25, 0.3) is 0 Å². The van der Waals surface area contributed by atoms with E-state index in [-0.39, 0.29) is 12.4 Å². The standard InChI is InChI=1S/C12H13NO4/c14-6-5-13-7-9-8-3-1-2-4-10(8)17-11(9)12(15)16/h1-4,13-14H,5-7H2,(H,15,16). The fourth-order valence-corrected chi connectivity index (χ4v) is 1.74. The summed E-state index contributed by atoms with van der Waals surface area (Å²) in [4.78, 5) is 11.1. The smallest absolute Gasteiger partial charge is 0.372 e. The largest absolute Gasteiger partial charge is 0.475 e. The van der Waals surface area contributed by atoms with Gasteiger partial charge >= 0.3 is 5.97 Å². The molecule has 0 atom stereocenters. The molecule has 0 amide bonds. The molecule has 90 valence electrons. The number of aliphatic hydroxyl groups excluding tert-OH is 1. The Labute approximate surface area is 97.7 Å². The molecular weight excluding hydrogens is 222 g/mol. The molecule has 1 aromatic carbocycles. The van der Waals surface area contributed by atoms with E-state index in [1.165, 1.54) is 0 Å². The molecule has 0 radical (unpaired) electrons. The summed E-state index contributed by atoms with van der Waals surface area (Å²) in [5.74, 6) is -1.13. The van der Waals surface area contributed by atoms with Gasteiger partial charge in [0.15, 0.2) is 0 Å². The van der Waals surface area contributed by atoms with Gasteiger partial charge in [0.05, 0.1) is 6.61 Å². The predicted molar refractivity (Wildman–Crippen MR) is 62.0 cm³/mol. The third-order valence-electron chi connectivity index (χ3n) is 2.48. The average molecular weight is 235 g/mol. The van der Waals surface area contributed by atoms with Crippen LogP contribution in [0.3, 0.4) is 0 Å². The molecule has 0 bridgehead atoms. The Kier molecular flexibility index (Phi) is 3.41. The second-order valence-corrected chi connectivity index (χ2v) is 3.61. The molecular formula is C12H13NO4. The Morgan fingerprint density at radius 2 is 2.12 bits per heavy atom. The number of benzene rings is 1. The van der Waals surface area contributed by atoms with Crippen LogP contribution in [0.4, 0.5) is 0 Å². The van der Waals surface area contributed by atoms with Crippen LogP contribution in [0.25, 0.3) is 11.0 Å². The lowest BCUT2D eigenvalue weighted by Crippen LogP contribution is -2.18. The van der Waals surface area contributed by atoms with E-state index in [4.69, 9.17) is 14.6 Å². The zero-order chi connectivity index (χ0) is 12.3. The van der Waals surface area contributed by atoms with Crippen LogP contribution in [-0.4, -0.2) is 29.3 Å². The number of carboxylic acid groups (broad SMARTS) is 1. The van der Waals surface area contributed by atoms with Crippen LogP contribution in [0.2, 0.25) is 0 Å². The quantitative estimate of drug-likeness (QED) is 0.678. The molecule has 0 aliphatic carbocycles. The highest BCUT2D eigenvalue weighted by Crippen LogP contribution is 2.25. The zero-order valence-electron chi connectivity index (χ0n) is 9.14. The van der Waals surface area contributed by atoms with Crippen LogP contribution in [0, 0.1) is 0 Å². The van der Waals surface area contributed by atoms with Crippen molar-refractivity contribution in [1.82, 2.24) is 5.32 Å². The highest BCUT2D eigenvalue weighted by atomic mass is 16.4. The Morgan fingerprint density at radius 3 is 2.82 bits per heavy atom. The summed E-state index contributed by atoms with van der Waals surface area (Å²) >= 11 is 0. The van der Waals surface area contributed by atoms with Gasteiger partial charge in [-0.15, -0.1) is 0 Å². The first-order chi connectivity index (χ1) is 8.24. The summed E-state index contributed by atoms with van der Waals surface area (Å²) in [5.41, 5.74) is 1.17. The fourth-order valence-electron chi connectivity index (χ4n) is 1.74. The summed E-state index contributed by atoms with van der Waals surface area (Å²) < 4.78 is 5.29. The summed E-state index contributed by atoms with van der Waals surface area (Å²) in [6, 6.07) is 7.18. The molecule has 0 fully saturated rings. The van der Waals surface area contributed by atoms with Gasteiger partial charge in [-0.1, -0.05) is 18.2 Å². The number of hydrogen-bond donors (Lipinski definition) is 3. The molecule has 1 aromatic heterocycles. The summed E-state index contributed by atoms with van der Waals surface area (Å²) in [6.07, 6.45) is 0. The minimum atomic E-state index is -1.08. The van der Waals surface area contributed by atoms with E-state index >= 15 is 0 Å². The SMILES string of the molecule is O=C(O)c1oc2ccccc2c1CNCCO. The minimum absolute atomic E-state index is 0.0121. The number of fused-ring (bicyclic) bond motifs is 1. The van der Waals surface area contributed by atoms with Crippen LogP contribution >= 0.6 is 0 Å². The minimum Gasteiger partial charge on any atom is -0.475 e. The predicted octanol–water partition coefficient (Wildman–Crippen LogP) is 1.21. The number of furan rings is 1. The first kappa shape index (κ1) is 11.6. The van der Waals surface area contributed by atoms with E-state index in [1.807, 2.05) is 12.1 Å². The maximum atomic E-state index is 11.1. The Hall–Kier alpha value is -1.85. The van der Waals surface area contributed by atoms with E-state index in [0.717, 1.165) is 5.39 Å². The number of carboxylic acids is 1.